The number of carbonyl (C=O) groups is 1. The molecule has 1 amide bonds. The summed E-state index contributed by atoms with van der Waals surface area (Å²) in [5.41, 5.74) is -0.279. The molecule has 0 aromatic carbocycles. The van der Waals surface area contributed by atoms with Crippen LogP contribution in [0.3, 0.4) is 0 Å². The van der Waals surface area contributed by atoms with Gasteiger partial charge in [-0.15, -0.1) is 0 Å². The monoisotopic (exact) mass is 252 g/mol. The van der Waals surface area contributed by atoms with Crippen LogP contribution < -0.4 is 15.6 Å². The van der Waals surface area contributed by atoms with E-state index in [-0.39, 0.29) is 23.8 Å². The Morgan fingerprint density at radius 2 is 2.22 bits per heavy atom. The summed E-state index contributed by atoms with van der Waals surface area (Å²) >= 11 is 0. The maximum absolute atomic E-state index is 11.9. The normalized spacial score (nSPS) is 10.4. The summed E-state index contributed by atoms with van der Waals surface area (Å²) in [5, 5.41) is 2.77. The average molecular weight is 252 g/mol. The Labute approximate surface area is 107 Å². The summed E-state index contributed by atoms with van der Waals surface area (Å²) < 4.78 is 6.54. The molecule has 0 unspecified atom stereocenters. The Bertz CT molecular complexity index is 452. The number of nitrogens with one attached hydrogen (secondary N) is 1. The van der Waals surface area contributed by atoms with Crippen molar-refractivity contribution in [2.24, 2.45) is 5.92 Å². The van der Waals surface area contributed by atoms with Gasteiger partial charge in [0.15, 0.2) is 5.75 Å². The van der Waals surface area contributed by atoms with E-state index in [1.807, 2.05) is 20.8 Å². The Morgan fingerprint density at radius 1 is 1.50 bits per heavy atom. The van der Waals surface area contributed by atoms with Crippen molar-refractivity contribution in [3.63, 3.8) is 0 Å². The highest BCUT2D eigenvalue weighted by atomic mass is 16.5. The number of ether oxygens (including phenoxy) is 1. The third-order valence-corrected chi connectivity index (χ3v) is 2.31. The van der Waals surface area contributed by atoms with Gasteiger partial charge in [-0.1, -0.05) is 13.8 Å². The van der Waals surface area contributed by atoms with Gasteiger partial charge in [-0.05, 0) is 25.0 Å². The highest BCUT2D eigenvalue weighted by Crippen LogP contribution is 2.01. The third-order valence-electron chi connectivity index (χ3n) is 2.31. The highest BCUT2D eigenvalue weighted by Gasteiger charge is 2.08. The number of aromatic nitrogens is 1. The average Bonchev–Trinajstić information content (AvgIpc) is 2.32. The minimum Gasteiger partial charge on any atom is -0.488 e. The first kappa shape index (κ1) is 14.3. The van der Waals surface area contributed by atoms with Crippen LogP contribution in [0.15, 0.2) is 23.1 Å². The Morgan fingerprint density at radius 3 is 2.83 bits per heavy atom. The van der Waals surface area contributed by atoms with Crippen molar-refractivity contribution in [1.29, 1.82) is 0 Å². The van der Waals surface area contributed by atoms with Gasteiger partial charge in [-0.2, -0.15) is 0 Å². The van der Waals surface area contributed by atoms with E-state index < -0.39 is 0 Å². The predicted molar refractivity (Wildman–Crippen MR) is 69.7 cm³/mol. The summed E-state index contributed by atoms with van der Waals surface area (Å²) in [6, 6.07) is 3.30. The quantitative estimate of drug-likeness (QED) is 0.822. The second kappa shape index (κ2) is 6.83. The van der Waals surface area contributed by atoms with Crippen LogP contribution in [0.2, 0.25) is 0 Å². The van der Waals surface area contributed by atoms with E-state index >= 15 is 0 Å². The molecule has 1 heterocycles. The first-order valence-electron chi connectivity index (χ1n) is 6.13. The lowest BCUT2D eigenvalue weighted by molar-refractivity contribution is -0.121. The number of hydrogen-bond acceptors (Lipinski definition) is 3. The van der Waals surface area contributed by atoms with E-state index in [0.29, 0.717) is 19.1 Å². The molecular formula is C13H20N2O3. The molecule has 100 valence electrons. The summed E-state index contributed by atoms with van der Waals surface area (Å²) in [5.74, 6) is 0.497. The molecule has 0 radical (unpaired) electrons. The van der Waals surface area contributed by atoms with Gasteiger partial charge in [-0.3, -0.25) is 9.59 Å². The minimum absolute atomic E-state index is 0.0203. The van der Waals surface area contributed by atoms with Gasteiger partial charge in [0.2, 0.25) is 5.91 Å². The largest absolute Gasteiger partial charge is 0.488 e. The van der Waals surface area contributed by atoms with Crippen LogP contribution >= 0.6 is 0 Å². The van der Waals surface area contributed by atoms with Crippen molar-refractivity contribution in [3.8, 4) is 5.75 Å². The topological polar surface area (TPSA) is 60.3 Å². The molecule has 0 fully saturated rings. The van der Waals surface area contributed by atoms with Crippen molar-refractivity contribution in [2.45, 2.75) is 27.3 Å². The molecule has 0 saturated carbocycles. The van der Waals surface area contributed by atoms with Crippen LogP contribution in [0, 0.1) is 5.92 Å². The molecule has 1 aromatic rings. The van der Waals surface area contributed by atoms with Crippen LogP contribution in [0.25, 0.3) is 0 Å². The molecule has 0 spiro atoms. The van der Waals surface area contributed by atoms with Crippen molar-refractivity contribution in [3.05, 3.63) is 28.7 Å². The summed E-state index contributed by atoms with van der Waals surface area (Å²) in [4.78, 5) is 23.5. The molecular weight excluding hydrogens is 232 g/mol. The molecule has 5 heteroatoms. The SMILES string of the molecule is CCOc1cccn(CC(=O)NCC(C)C)c1=O. The fourth-order valence-corrected chi connectivity index (χ4v) is 1.43. The molecule has 0 aliphatic rings. The Kier molecular flexibility index (Phi) is 5.42. The molecule has 18 heavy (non-hydrogen) atoms. The zero-order valence-corrected chi connectivity index (χ0v) is 11.1. The second-order valence-corrected chi connectivity index (χ2v) is 4.44. The smallest absolute Gasteiger partial charge is 0.293 e. The van der Waals surface area contributed by atoms with E-state index in [2.05, 4.69) is 5.32 Å². The standard InChI is InChI=1S/C13H20N2O3/c1-4-18-11-6-5-7-15(13(11)17)9-12(16)14-8-10(2)3/h5-7,10H,4,8-9H2,1-3H3,(H,14,16). The van der Waals surface area contributed by atoms with Gasteiger partial charge < -0.3 is 14.6 Å². The summed E-state index contributed by atoms with van der Waals surface area (Å²) in [7, 11) is 0. The van der Waals surface area contributed by atoms with Crippen molar-refractivity contribution in [1.82, 2.24) is 9.88 Å². The zero-order valence-electron chi connectivity index (χ0n) is 11.1. The molecule has 0 saturated heterocycles. The molecule has 1 N–H and O–H groups in total. The fourth-order valence-electron chi connectivity index (χ4n) is 1.43. The Balaban J connectivity index is 2.70. The van der Waals surface area contributed by atoms with Gasteiger partial charge in [0.1, 0.15) is 6.54 Å². The zero-order chi connectivity index (χ0) is 13.5. The van der Waals surface area contributed by atoms with Crippen LogP contribution in [0.1, 0.15) is 20.8 Å². The number of hydrogen-bond donors (Lipinski definition) is 1. The molecule has 0 aliphatic heterocycles. The van der Waals surface area contributed by atoms with E-state index in [9.17, 15) is 9.59 Å². The molecule has 0 bridgehead atoms. The van der Waals surface area contributed by atoms with E-state index in [4.69, 9.17) is 4.74 Å². The minimum atomic E-state index is -0.279. The third kappa shape index (κ3) is 4.24. The van der Waals surface area contributed by atoms with Gasteiger partial charge >= 0.3 is 0 Å². The maximum atomic E-state index is 11.9. The van der Waals surface area contributed by atoms with Gasteiger partial charge in [-0.25, -0.2) is 0 Å². The van der Waals surface area contributed by atoms with Crippen LogP contribution in [-0.2, 0) is 11.3 Å². The number of pyridine rings is 1. The number of carbonyl (C=O) groups excluding carboxylic acids is 1. The van der Waals surface area contributed by atoms with Crippen LogP contribution in [0.5, 0.6) is 5.75 Å². The fraction of sp³-hybridized carbons (Fsp3) is 0.538. The maximum Gasteiger partial charge on any atom is 0.293 e. The van der Waals surface area contributed by atoms with Crippen LogP contribution in [-0.4, -0.2) is 23.6 Å². The number of nitrogens with zero attached hydrogens (tertiary/aromatic N) is 1. The molecule has 0 aliphatic carbocycles. The predicted octanol–water partition coefficient (Wildman–Crippen LogP) is 1.02. The van der Waals surface area contributed by atoms with Crippen molar-refractivity contribution in [2.75, 3.05) is 13.2 Å². The second-order valence-electron chi connectivity index (χ2n) is 4.44. The summed E-state index contributed by atoms with van der Waals surface area (Å²) in [6.45, 7) is 6.90. The van der Waals surface area contributed by atoms with Gasteiger partial charge in [0.05, 0.1) is 6.61 Å². The van der Waals surface area contributed by atoms with Crippen molar-refractivity contribution < 1.29 is 9.53 Å². The Hall–Kier alpha value is -1.78. The summed E-state index contributed by atoms with van der Waals surface area (Å²) in [6.07, 6.45) is 1.58. The van der Waals surface area contributed by atoms with Gasteiger partial charge in [0.25, 0.3) is 5.56 Å². The molecule has 0 atom stereocenters. The molecule has 1 aromatic heterocycles. The van der Waals surface area contributed by atoms with E-state index in [1.165, 1.54) is 4.57 Å². The highest BCUT2D eigenvalue weighted by molar-refractivity contribution is 5.75. The lowest BCUT2D eigenvalue weighted by atomic mass is 10.2. The lowest BCUT2D eigenvalue weighted by Crippen LogP contribution is -2.34. The number of amides is 1. The van der Waals surface area contributed by atoms with E-state index in [1.54, 1.807) is 18.3 Å². The number of rotatable bonds is 6. The molecule has 5 nitrogen and oxygen atoms in total. The van der Waals surface area contributed by atoms with Crippen LogP contribution in [0.4, 0.5) is 0 Å². The first-order valence-corrected chi connectivity index (χ1v) is 6.13. The molecule has 1 rings (SSSR count). The first-order chi connectivity index (χ1) is 8.54. The lowest BCUT2D eigenvalue weighted by Gasteiger charge is -2.10. The van der Waals surface area contributed by atoms with E-state index in [0.717, 1.165) is 0 Å². The van der Waals surface area contributed by atoms with Gasteiger partial charge in [0, 0.05) is 12.7 Å². The van der Waals surface area contributed by atoms with Crippen molar-refractivity contribution >= 4 is 5.91 Å².